The molecular formula is C13H25N3. The first-order valence-corrected chi connectivity index (χ1v) is 6.61. The van der Waals surface area contributed by atoms with Crippen molar-refractivity contribution in [2.24, 2.45) is 16.3 Å². The van der Waals surface area contributed by atoms with Crippen molar-refractivity contribution in [2.45, 2.75) is 39.5 Å². The molecular weight excluding hydrogens is 198 g/mol. The molecule has 0 radical (unpaired) electrons. The van der Waals surface area contributed by atoms with Crippen LogP contribution in [0.25, 0.3) is 0 Å². The van der Waals surface area contributed by atoms with Gasteiger partial charge in [0.05, 0.1) is 0 Å². The van der Waals surface area contributed by atoms with E-state index in [9.17, 15) is 0 Å². The van der Waals surface area contributed by atoms with Crippen LogP contribution in [0.3, 0.4) is 0 Å². The van der Waals surface area contributed by atoms with Gasteiger partial charge in [0.2, 0.25) is 0 Å². The van der Waals surface area contributed by atoms with Crippen molar-refractivity contribution in [1.82, 2.24) is 10.2 Å². The molecule has 16 heavy (non-hydrogen) atoms. The van der Waals surface area contributed by atoms with Crippen molar-refractivity contribution >= 4 is 5.96 Å². The van der Waals surface area contributed by atoms with Gasteiger partial charge in [0.15, 0.2) is 5.96 Å². The molecule has 0 aromatic heterocycles. The summed E-state index contributed by atoms with van der Waals surface area (Å²) in [6.45, 7) is 7.91. The Kier molecular flexibility index (Phi) is 3.41. The Bertz CT molecular complexity index is 266. The van der Waals surface area contributed by atoms with E-state index < -0.39 is 0 Å². The predicted molar refractivity (Wildman–Crippen MR) is 68.7 cm³/mol. The number of hydrogen-bond donors (Lipinski definition) is 1. The molecule has 0 atom stereocenters. The van der Waals surface area contributed by atoms with E-state index >= 15 is 0 Å². The van der Waals surface area contributed by atoms with Crippen molar-refractivity contribution in [1.29, 1.82) is 0 Å². The highest BCUT2D eigenvalue weighted by Crippen LogP contribution is 2.47. The van der Waals surface area contributed by atoms with E-state index in [1.54, 1.807) is 0 Å². The Labute approximate surface area is 99.3 Å². The molecule has 1 N–H and O–H groups in total. The summed E-state index contributed by atoms with van der Waals surface area (Å²) in [5, 5.41) is 3.47. The first-order valence-electron chi connectivity index (χ1n) is 6.61. The monoisotopic (exact) mass is 223 g/mol. The smallest absolute Gasteiger partial charge is 0.193 e. The molecule has 0 unspecified atom stereocenters. The van der Waals surface area contributed by atoms with Gasteiger partial charge in [-0.05, 0) is 30.6 Å². The SMILES string of the molecule is CN=C(NCC(C)C)N1CCC2(CCC2)C1. The highest BCUT2D eigenvalue weighted by molar-refractivity contribution is 5.80. The van der Waals surface area contributed by atoms with Crippen LogP contribution in [-0.4, -0.2) is 37.5 Å². The van der Waals surface area contributed by atoms with Crippen LogP contribution in [0.1, 0.15) is 39.5 Å². The Balaban J connectivity index is 1.86. The highest BCUT2D eigenvalue weighted by atomic mass is 15.3. The number of rotatable bonds is 2. The minimum Gasteiger partial charge on any atom is -0.356 e. The largest absolute Gasteiger partial charge is 0.356 e. The van der Waals surface area contributed by atoms with E-state index in [1.165, 1.54) is 38.8 Å². The number of hydrogen-bond acceptors (Lipinski definition) is 1. The van der Waals surface area contributed by atoms with Crippen LogP contribution in [-0.2, 0) is 0 Å². The van der Waals surface area contributed by atoms with E-state index in [1.807, 2.05) is 7.05 Å². The molecule has 2 rings (SSSR count). The minimum absolute atomic E-state index is 0.662. The zero-order chi connectivity index (χ0) is 11.6. The fourth-order valence-electron chi connectivity index (χ4n) is 2.83. The average Bonchev–Trinajstić information content (AvgIpc) is 2.63. The van der Waals surface area contributed by atoms with E-state index in [0.29, 0.717) is 11.3 Å². The fourth-order valence-corrected chi connectivity index (χ4v) is 2.83. The zero-order valence-corrected chi connectivity index (χ0v) is 10.9. The van der Waals surface area contributed by atoms with Crippen LogP contribution in [0.4, 0.5) is 0 Å². The summed E-state index contributed by atoms with van der Waals surface area (Å²) in [5.41, 5.74) is 0.662. The van der Waals surface area contributed by atoms with Gasteiger partial charge >= 0.3 is 0 Å². The number of nitrogens with one attached hydrogen (secondary N) is 1. The third kappa shape index (κ3) is 2.33. The molecule has 1 saturated heterocycles. The van der Waals surface area contributed by atoms with Gasteiger partial charge < -0.3 is 10.2 Å². The summed E-state index contributed by atoms with van der Waals surface area (Å²) in [6, 6.07) is 0. The summed E-state index contributed by atoms with van der Waals surface area (Å²) >= 11 is 0. The van der Waals surface area contributed by atoms with Gasteiger partial charge in [-0.3, -0.25) is 4.99 Å². The first-order chi connectivity index (χ1) is 7.65. The third-order valence-corrected chi connectivity index (χ3v) is 4.03. The van der Waals surface area contributed by atoms with Crippen LogP contribution in [0.5, 0.6) is 0 Å². The summed E-state index contributed by atoms with van der Waals surface area (Å²) < 4.78 is 0. The molecule has 0 aromatic rings. The van der Waals surface area contributed by atoms with E-state index in [-0.39, 0.29) is 0 Å². The van der Waals surface area contributed by atoms with Crippen LogP contribution in [0.15, 0.2) is 4.99 Å². The number of nitrogens with zero attached hydrogens (tertiary/aromatic N) is 2. The molecule has 3 heteroatoms. The van der Waals surface area contributed by atoms with Gasteiger partial charge in [0.1, 0.15) is 0 Å². The molecule has 2 fully saturated rings. The van der Waals surface area contributed by atoms with Gasteiger partial charge in [-0.25, -0.2) is 0 Å². The van der Waals surface area contributed by atoms with E-state index in [4.69, 9.17) is 0 Å². The molecule has 0 bridgehead atoms. The lowest BCUT2D eigenvalue weighted by Gasteiger charge is -2.38. The first kappa shape index (κ1) is 11.7. The van der Waals surface area contributed by atoms with Crippen LogP contribution in [0.2, 0.25) is 0 Å². The molecule has 1 spiro atoms. The molecule has 2 aliphatic rings. The lowest BCUT2D eigenvalue weighted by molar-refractivity contribution is 0.151. The minimum atomic E-state index is 0.662. The second-order valence-electron chi connectivity index (χ2n) is 5.85. The maximum Gasteiger partial charge on any atom is 0.193 e. The van der Waals surface area contributed by atoms with Crippen LogP contribution < -0.4 is 5.32 Å². The van der Waals surface area contributed by atoms with E-state index in [2.05, 4.69) is 29.1 Å². The second kappa shape index (κ2) is 4.64. The normalized spacial score (nSPS) is 24.0. The van der Waals surface area contributed by atoms with Gasteiger partial charge in [-0.15, -0.1) is 0 Å². The maximum atomic E-state index is 4.40. The van der Waals surface area contributed by atoms with Crippen molar-refractivity contribution < 1.29 is 0 Å². The Morgan fingerprint density at radius 2 is 2.12 bits per heavy atom. The lowest BCUT2D eigenvalue weighted by atomic mass is 9.68. The van der Waals surface area contributed by atoms with Gasteiger partial charge in [-0.2, -0.15) is 0 Å². The standard InChI is InChI=1S/C13H25N3/c1-11(2)9-15-12(14-3)16-8-7-13(10-16)5-4-6-13/h11H,4-10H2,1-3H3,(H,14,15). The van der Waals surface area contributed by atoms with Crippen molar-refractivity contribution in [3.8, 4) is 0 Å². The van der Waals surface area contributed by atoms with Crippen molar-refractivity contribution in [2.75, 3.05) is 26.7 Å². The van der Waals surface area contributed by atoms with Crippen LogP contribution in [0, 0.1) is 11.3 Å². The molecule has 1 heterocycles. The van der Waals surface area contributed by atoms with E-state index in [0.717, 1.165) is 12.5 Å². The van der Waals surface area contributed by atoms with Gasteiger partial charge in [0, 0.05) is 26.7 Å². The quantitative estimate of drug-likeness (QED) is 0.573. The third-order valence-electron chi connectivity index (χ3n) is 4.03. The highest BCUT2D eigenvalue weighted by Gasteiger charge is 2.43. The number of aliphatic imine (C=N–C) groups is 1. The Morgan fingerprint density at radius 1 is 1.38 bits per heavy atom. The fraction of sp³-hybridized carbons (Fsp3) is 0.923. The van der Waals surface area contributed by atoms with Gasteiger partial charge in [-0.1, -0.05) is 20.3 Å². The Hall–Kier alpha value is -0.730. The summed E-state index contributed by atoms with van der Waals surface area (Å²) in [5.74, 6) is 1.79. The van der Waals surface area contributed by atoms with Crippen LogP contribution >= 0.6 is 0 Å². The average molecular weight is 223 g/mol. The molecule has 0 aromatic carbocycles. The predicted octanol–water partition coefficient (Wildman–Crippen LogP) is 2.09. The lowest BCUT2D eigenvalue weighted by Crippen LogP contribution is -2.43. The summed E-state index contributed by atoms with van der Waals surface area (Å²) in [6.07, 6.45) is 5.68. The molecule has 0 amide bonds. The molecule has 1 aliphatic carbocycles. The topological polar surface area (TPSA) is 27.6 Å². The second-order valence-corrected chi connectivity index (χ2v) is 5.85. The number of guanidine groups is 1. The summed E-state index contributed by atoms with van der Waals surface area (Å²) in [4.78, 5) is 6.84. The zero-order valence-electron chi connectivity index (χ0n) is 10.9. The summed E-state index contributed by atoms with van der Waals surface area (Å²) in [7, 11) is 1.90. The molecule has 1 saturated carbocycles. The molecule has 3 nitrogen and oxygen atoms in total. The molecule has 92 valence electrons. The Morgan fingerprint density at radius 3 is 2.56 bits per heavy atom. The van der Waals surface area contributed by atoms with Crippen molar-refractivity contribution in [3.05, 3.63) is 0 Å². The molecule has 1 aliphatic heterocycles. The maximum absolute atomic E-state index is 4.40. The van der Waals surface area contributed by atoms with Crippen molar-refractivity contribution in [3.63, 3.8) is 0 Å². The number of likely N-dealkylation sites (tertiary alicyclic amines) is 1. The van der Waals surface area contributed by atoms with Gasteiger partial charge in [0.25, 0.3) is 0 Å².